The van der Waals surface area contributed by atoms with Crippen LogP contribution in [0.25, 0.3) is 0 Å². The average molecular weight is 480 g/mol. The van der Waals surface area contributed by atoms with Crippen molar-refractivity contribution in [2.75, 3.05) is 6.61 Å². The van der Waals surface area contributed by atoms with Crippen molar-refractivity contribution in [1.29, 1.82) is 0 Å². The number of carbonyl (C=O) groups excluding carboxylic acids is 3. The maximum Gasteiger partial charge on any atom is 0.329 e. The van der Waals surface area contributed by atoms with Crippen LogP contribution in [0.2, 0.25) is 0 Å². The summed E-state index contributed by atoms with van der Waals surface area (Å²) >= 11 is 3.33. The lowest BCUT2D eigenvalue weighted by molar-refractivity contribution is -0.144. The number of Topliss-reactive ketones (excluding diaryl/α,β-unsaturated/α-hetero) is 1. The number of aryl methyl sites for hydroxylation is 1. The minimum atomic E-state index is -0.927. The first kappa shape index (κ1) is 22.4. The Bertz CT molecular complexity index is 1050. The number of carbonyl (C=O) groups is 3. The molecule has 0 bridgehead atoms. The average Bonchev–Trinajstić information content (AvgIpc) is 2.78. The molecule has 0 saturated carbocycles. The van der Waals surface area contributed by atoms with E-state index in [4.69, 9.17) is 4.74 Å². The Labute approximate surface area is 189 Å². The van der Waals surface area contributed by atoms with Gasteiger partial charge in [-0.05, 0) is 36.8 Å². The standard InChI is InChI=1S/C25H22BrNO4/c1-17-7-9-19(10-8-17)23(28)16-31-25(30)22(15-18-5-3-2-4-6-18)27-24(29)20-11-13-21(26)14-12-20/h2-14,22H,15-16H2,1H3,(H,27,29)/t22-/m1/s1. The first-order chi connectivity index (χ1) is 14.9. The van der Waals surface area contributed by atoms with Gasteiger partial charge in [0.25, 0.3) is 5.91 Å². The Hall–Kier alpha value is -3.25. The molecular formula is C25H22BrNO4. The van der Waals surface area contributed by atoms with E-state index in [9.17, 15) is 14.4 Å². The predicted octanol–water partition coefficient (Wildman–Crippen LogP) is 4.52. The maximum absolute atomic E-state index is 12.8. The molecule has 6 heteroatoms. The minimum absolute atomic E-state index is 0.251. The molecule has 3 aromatic carbocycles. The summed E-state index contributed by atoms with van der Waals surface area (Å²) in [5.41, 5.74) is 2.79. The number of hydrogen-bond donors (Lipinski definition) is 1. The van der Waals surface area contributed by atoms with Crippen molar-refractivity contribution in [3.8, 4) is 0 Å². The molecule has 158 valence electrons. The molecule has 31 heavy (non-hydrogen) atoms. The van der Waals surface area contributed by atoms with Crippen molar-refractivity contribution in [2.24, 2.45) is 0 Å². The molecule has 3 rings (SSSR count). The van der Waals surface area contributed by atoms with Gasteiger partial charge in [-0.2, -0.15) is 0 Å². The number of ether oxygens (including phenoxy) is 1. The highest BCUT2D eigenvalue weighted by Crippen LogP contribution is 2.12. The van der Waals surface area contributed by atoms with E-state index >= 15 is 0 Å². The van der Waals surface area contributed by atoms with Crippen LogP contribution in [-0.2, 0) is 16.0 Å². The second-order valence-electron chi connectivity index (χ2n) is 7.12. The first-order valence-corrected chi connectivity index (χ1v) is 10.6. The summed E-state index contributed by atoms with van der Waals surface area (Å²) in [6, 6.07) is 22.2. The third-order valence-electron chi connectivity index (χ3n) is 4.70. The van der Waals surface area contributed by atoms with Crippen LogP contribution in [0.3, 0.4) is 0 Å². The molecule has 0 saturated heterocycles. The fraction of sp³-hybridized carbons (Fsp3) is 0.160. The lowest BCUT2D eigenvalue weighted by atomic mass is 10.1. The zero-order chi connectivity index (χ0) is 22.2. The monoisotopic (exact) mass is 479 g/mol. The lowest BCUT2D eigenvalue weighted by Gasteiger charge is -2.18. The third-order valence-corrected chi connectivity index (χ3v) is 5.23. The molecular weight excluding hydrogens is 458 g/mol. The molecule has 1 N–H and O–H groups in total. The lowest BCUT2D eigenvalue weighted by Crippen LogP contribution is -2.43. The van der Waals surface area contributed by atoms with E-state index in [1.807, 2.05) is 49.4 Å². The molecule has 0 radical (unpaired) electrons. The zero-order valence-electron chi connectivity index (χ0n) is 17.0. The Morgan fingerprint density at radius 3 is 2.13 bits per heavy atom. The largest absolute Gasteiger partial charge is 0.456 e. The van der Waals surface area contributed by atoms with E-state index in [1.165, 1.54) is 0 Å². The van der Waals surface area contributed by atoms with Crippen LogP contribution in [0.5, 0.6) is 0 Å². The van der Waals surface area contributed by atoms with Gasteiger partial charge in [0.05, 0.1) is 0 Å². The van der Waals surface area contributed by atoms with Crippen molar-refractivity contribution in [3.63, 3.8) is 0 Å². The molecule has 1 amide bonds. The van der Waals surface area contributed by atoms with Gasteiger partial charge in [-0.15, -0.1) is 0 Å². The summed E-state index contributed by atoms with van der Waals surface area (Å²) in [5, 5.41) is 2.73. The minimum Gasteiger partial charge on any atom is -0.456 e. The van der Waals surface area contributed by atoms with E-state index in [1.54, 1.807) is 36.4 Å². The molecule has 0 fully saturated rings. The molecule has 1 atom stereocenters. The second-order valence-corrected chi connectivity index (χ2v) is 8.04. The number of esters is 1. The highest BCUT2D eigenvalue weighted by atomic mass is 79.9. The zero-order valence-corrected chi connectivity index (χ0v) is 18.6. The van der Waals surface area contributed by atoms with Gasteiger partial charge in [-0.1, -0.05) is 76.1 Å². The van der Waals surface area contributed by atoms with Gasteiger partial charge in [-0.3, -0.25) is 9.59 Å². The Balaban J connectivity index is 1.69. The molecule has 0 aliphatic rings. The summed E-state index contributed by atoms with van der Waals surface area (Å²) in [4.78, 5) is 37.8. The van der Waals surface area contributed by atoms with E-state index in [2.05, 4.69) is 21.2 Å². The van der Waals surface area contributed by atoms with Crippen molar-refractivity contribution >= 4 is 33.6 Å². The SMILES string of the molecule is Cc1ccc(C(=O)COC(=O)[C@@H](Cc2ccccc2)NC(=O)c2ccc(Br)cc2)cc1. The second kappa shape index (κ2) is 10.7. The summed E-state index contributed by atoms with van der Waals surface area (Å²) in [6.45, 7) is 1.54. The maximum atomic E-state index is 12.8. The quantitative estimate of drug-likeness (QED) is 0.380. The third kappa shape index (κ3) is 6.62. The van der Waals surface area contributed by atoms with Crippen molar-refractivity contribution in [3.05, 3.63) is 106 Å². The van der Waals surface area contributed by atoms with Gasteiger partial charge in [-0.25, -0.2) is 4.79 Å². The van der Waals surface area contributed by atoms with Gasteiger partial charge < -0.3 is 10.1 Å². The Kier molecular flexibility index (Phi) is 7.73. The summed E-state index contributed by atoms with van der Waals surface area (Å²) < 4.78 is 6.11. The number of ketones is 1. The van der Waals surface area contributed by atoms with E-state index in [-0.39, 0.29) is 18.8 Å². The fourth-order valence-corrected chi connectivity index (χ4v) is 3.21. The van der Waals surface area contributed by atoms with Crippen LogP contribution in [0.4, 0.5) is 0 Å². The van der Waals surface area contributed by atoms with Crippen molar-refractivity contribution < 1.29 is 19.1 Å². The molecule has 0 heterocycles. The van der Waals surface area contributed by atoms with E-state index < -0.39 is 17.9 Å². The Morgan fingerprint density at radius 2 is 1.48 bits per heavy atom. The van der Waals surface area contributed by atoms with Crippen molar-refractivity contribution in [1.82, 2.24) is 5.32 Å². The van der Waals surface area contributed by atoms with Crippen LogP contribution in [-0.4, -0.2) is 30.3 Å². The van der Waals surface area contributed by atoms with Gasteiger partial charge >= 0.3 is 5.97 Å². The molecule has 0 aliphatic heterocycles. The van der Waals surface area contributed by atoms with Gasteiger partial charge in [0.1, 0.15) is 6.04 Å². The van der Waals surface area contributed by atoms with Crippen molar-refractivity contribution in [2.45, 2.75) is 19.4 Å². The number of nitrogens with one attached hydrogen (secondary N) is 1. The topological polar surface area (TPSA) is 72.5 Å². The Morgan fingerprint density at radius 1 is 0.871 bits per heavy atom. The summed E-state index contributed by atoms with van der Waals surface area (Å²) in [6.07, 6.45) is 0.251. The summed E-state index contributed by atoms with van der Waals surface area (Å²) in [7, 11) is 0. The number of hydrogen-bond acceptors (Lipinski definition) is 4. The molecule has 5 nitrogen and oxygen atoms in total. The fourth-order valence-electron chi connectivity index (χ4n) is 2.95. The molecule has 0 aromatic heterocycles. The molecule has 0 spiro atoms. The summed E-state index contributed by atoms with van der Waals surface area (Å²) in [5.74, 6) is -1.35. The molecule has 0 aliphatic carbocycles. The highest BCUT2D eigenvalue weighted by molar-refractivity contribution is 9.10. The van der Waals surface area contributed by atoms with Crippen LogP contribution < -0.4 is 5.32 Å². The van der Waals surface area contributed by atoms with Crippen LogP contribution in [0, 0.1) is 6.92 Å². The number of halogens is 1. The highest BCUT2D eigenvalue weighted by Gasteiger charge is 2.24. The van der Waals surface area contributed by atoms with Crippen LogP contribution in [0.1, 0.15) is 31.8 Å². The van der Waals surface area contributed by atoms with Gasteiger partial charge in [0.15, 0.2) is 12.4 Å². The van der Waals surface area contributed by atoms with Crippen LogP contribution >= 0.6 is 15.9 Å². The van der Waals surface area contributed by atoms with Crippen LogP contribution in [0.15, 0.2) is 83.3 Å². The van der Waals surface area contributed by atoms with Gasteiger partial charge in [0, 0.05) is 22.0 Å². The van der Waals surface area contributed by atoms with E-state index in [0.717, 1.165) is 15.6 Å². The molecule has 3 aromatic rings. The first-order valence-electron chi connectivity index (χ1n) is 9.79. The number of rotatable bonds is 8. The van der Waals surface area contributed by atoms with E-state index in [0.29, 0.717) is 11.1 Å². The smallest absolute Gasteiger partial charge is 0.329 e. The van der Waals surface area contributed by atoms with Gasteiger partial charge in [0.2, 0.25) is 0 Å². The number of amides is 1. The molecule has 0 unspecified atom stereocenters. The number of benzene rings is 3. The normalized spacial score (nSPS) is 11.4. The predicted molar refractivity (Wildman–Crippen MR) is 122 cm³/mol.